The molecule has 0 aliphatic heterocycles. The van der Waals surface area contributed by atoms with Gasteiger partial charge in [-0.2, -0.15) is 4.98 Å². The molecule has 0 unspecified atom stereocenters. The third-order valence-corrected chi connectivity index (χ3v) is 2.58. The minimum Gasteiger partial charge on any atom is -0.479 e. The van der Waals surface area contributed by atoms with Crippen LogP contribution in [0.2, 0.25) is 0 Å². The lowest BCUT2D eigenvalue weighted by Gasteiger charge is -2.04. The maximum atomic E-state index is 10.7. The summed E-state index contributed by atoms with van der Waals surface area (Å²) in [5, 5.41) is 17.6. The van der Waals surface area contributed by atoms with E-state index in [-0.39, 0.29) is 7.63 Å². The highest BCUT2D eigenvalue weighted by Gasteiger charge is 2.17. The molecule has 0 amide bonds. The third kappa shape index (κ3) is 2.62. The van der Waals surface area contributed by atoms with Crippen LogP contribution >= 0.6 is 45.2 Å². The molecule has 1 aromatic heterocycles. The quantitative estimate of drug-likeness (QED) is 0.578. The van der Waals surface area contributed by atoms with E-state index in [1.807, 2.05) is 45.2 Å². The molecule has 1 rings (SSSR count). The second-order valence-electron chi connectivity index (χ2n) is 2.08. The summed E-state index contributed by atoms with van der Waals surface area (Å²) in [5.41, 5.74) is 0.341. The van der Waals surface area contributed by atoms with Gasteiger partial charge in [0, 0.05) is 11.8 Å². The lowest BCUT2D eigenvalue weighted by atomic mass is 10.2. The number of carboxylic acids is 1. The average molecular weight is 406 g/mol. The van der Waals surface area contributed by atoms with E-state index >= 15 is 0 Å². The number of carbonyl (C=O) groups is 1. The fraction of sp³-hybridized carbons (Fsp3) is 0.167. The van der Waals surface area contributed by atoms with E-state index in [0.29, 0.717) is 5.56 Å². The number of aromatic nitrogens is 2. The Bertz CT molecular complexity index is 343. The minimum absolute atomic E-state index is 0.0399. The molecule has 0 aliphatic carbocycles. The van der Waals surface area contributed by atoms with Gasteiger partial charge in [0.1, 0.15) is 0 Å². The van der Waals surface area contributed by atoms with Gasteiger partial charge in [-0.15, -0.1) is 0 Å². The number of hydrogen-bond donors (Lipinski definition) is 2. The first-order chi connectivity index (χ1) is 6.02. The van der Waals surface area contributed by atoms with Crippen LogP contribution in [-0.4, -0.2) is 26.2 Å². The van der Waals surface area contributed by atoms with Gasteiger partial charge in [-0.1, -0.05) is 45.2 Å². The zero-order valence-electron chi connectivity index (χ0n) is 6.11. The molecular formula is C6H4I2N2O3. The zero-order chi connectivity index (χ0) is 10.0. The van der Waals surface area contributed by atoms with Crippen molar-refractivity contribution in [2.45, 2.75) is 1.93 Å². The first-order valence-electron chi connectivity index (χ1n) is 3.09. The highest BCUT2D eigenvalue weighted by atomic mass is 127. The average Bonchev–Trinajstić information content (AvgIpc) is 2.03. The zero-order valence-corrected chi connectivity index (χ0v) is 10.4. The third-order valence-electron chi connectivity index (χ3n) is 1.24. The minimum atomic E-state index is -1.16. The molecule has 0 saturated heterocycles. The summed E-state index contributed by atoms with van der Waals surface area (Å²) in [6.45, 7) is 0. The highest BCUT2D eigenvalue weighted by molar-refractivity contribution is 14.2. The number of halogens is 2. The Kier molecular flexibility index (Phi) is 3.64. The van der Waals surface area contributed by atoms with Gasteiger partial charge >= 0.3 is 12.0 Å². The Hall–Kier alpha value is -0.190. The Morgan fingerprint density at radius 1 is 1.54 bits per heavy atom. The summed E-state index contributed by atoms with van der Waals surface area (Å²) < 4.78 is -0.0399. The summed E-state index contributed by atoms with van der Waals surface area (Å²) >= 11 is 4.08. The number of carboxylic acid groups (broad SMARTS) is 1. The molecular weight excluding hydrogens is 402 g/mol. The molecule has 5 nitrogen and oxygen atoms in total. The van der Waals surface area contributed by atoms with Crippen LogP contribution in [0, 0.1) is 0 Å². The standard InChI is InChI=1S/C6H4I2N2O3/c7-4(8)2-1-9-6(13)10-3(2)5(11)12/h1,4H,(H,11,12)(H,9,10,13). The molecule has 0 spiro atoms. The molecule has 0 atom stereocenters. The van der Waals surface area contributed by atoms with Gasteiger partial charge in [0.15, 0.2) is 5.69 Å². The molecule has 2 N–H and O–H groups in total. The maximum Gasteiger partial charge on any atom is 0.355 e. The van der Waals surface area contributed by atoms with Crippen LogP contribution in [-0.2, 0) is 0 Å². The number of nitrogens with zero attached hydrogens (tertiary/aromatic N) is 2. The summed E-state index contributed by atoms with van der Waals surface area (Å²) in [6.07, 6.45) is 1.31. The summed E-state index contributed by atoms with van der Waals surface area (Å²) in [6, 6.07) is -0.519. The molecule has 1 aromatic rings. The predicted molar refractivity (Wildman–Crippen MR) is 61.4 cm³/mol. The van der Waals surface area contributed by atoms with Gasteiger partial charge in [0.05, 0.1) is 1.93 Å². The van der Waals surface area contributed by atoms with Crippen molar-refractivity contribution in [2.75, 3.05) is 0 Å². The maximum absolute atomic E-state index is 10.7. The molecule has 0 aromatic carbocycles. The topological polar surface area (TPSA) is 83.3 Å². The van der Waals surface area contributed by atoms with Crippen LogP contribution in [0.25, 0.3) is 0 Å². The molecule has 0 aliphatic rings. The number of alkyl halides is 2. The van der Waals surface area contributed by atoms with Crippen LogP contribution in [0.1, 0.15) is 18.0 Å². The highest BCUT2D eigenvalue weighted by Crippen LogP contribution is 2.32. The molecule has 0 radical (unpaired) electrons. The molecule has 0 bridgehead atoms. The van der Waals surface area contributed by atoms with Crippen LogP contribution < -0.4 is 0 Å². The summed E-state index contributed by atoms with van der Waals surface area (Å²) in [7, 11) is 0. The fourth-order valence-corrected chi connectivity index (χ4v) is 1.62. The number of hydrogen-bond acceptors (Lipinski definition) is 4. The number of aromatic carboxylic acids is 1. The summed E-state index contributed by atoms with van der Waals surface area (Å²) in [4.78, 5) is 17.6. The van der Waals surface area contributed by atoms with E-state index in [4.69, 9.17) is 10.2 Å². The first kappa shape index (κ1) is 10.9. The van der Waals surface area contributed by atoms with E-state index in [1.165, 1.54) is 6.20 Å². The Morgan fingerprint density at radius 2 is 2.15 bits per heavy atom. The molecule has 1 heterocycles. The van der Waals surface area contributed by atoms with Crippen molar-refractivity contribution in [1.82, 2.24) is 9.97 Å². The monoisotopic (exact) mass is 406 g/mol. The molecule has 0 saturated carbocycles. The van der Waals surface area contributed by atoms with E-state index in [9.17, 15) is 4.79 Å². The Morgan fingerprint density at radius 3 is 2.62 bits per heavy atom. The Balaban J connectivity index is 3.27. The van der Waals surface area contributed by atoms with Gasteiger partial charge < -0.3 is 10.2 Å². The molecule has 70 valence electrons. The lowest BCUT2D eigenvalue weighted by molar-refractivity contribution is 0.0688. The van der Waals surface area contributed by atoms with Gasteiger partial charge in [-0.3, -0.25) is 0 Å². The smallest absolute Gasteiger partial charge is 0.355 e. The SMILES string of the molecule is O=C(O)c1nc(O)ncc1C(I)I. The lowest BCUT2D eigenvalue weighted by Crippen LogP contribution is -2.06. The Labute approximate surface area is 101 Å². The molecule has 7 heteroatoms. The number of aromatic hydroxyl groups is 1. The van der Waals surface area contributed by atoms with Crippen LogP contribution in [0.4, 0.5) is 0 Å². The molecule has 13 heavy (non-hydrogen) atoms. The van der Waals surface area contributed by atoms with Gasteiger partial charge in [0.25, 0.3) is 0 Å². The van der Waals surface area contributed by atoms with Crippen molar-refractivity contribution in [3.05, 3.63) is 17.5 Å². The van der Waals surface area contributed by atoms with E-state index in [0.717, 1.165) is 0 Å². The van der Waals surface area contributed by atoms with Crippen LogP contribution in [0.5, 0.6) is 6.01 Å². The van der Waals surface area contributed by atoms with Crippen molar-refractivity contribution >= 4 is 51.2 Å². The van der Waals surface area contributed by atoms with E-state index in [1.54, 1.807) is 0 Å². The largest absolute Gasteiger partial charge is 0.479 e. The fourth-order valence-electron chi connectivity index (χ4n) is 0.713. The predicted octanol–water partition coefficient (Wildman–Crippen LogP) is 1.75. The number of rotatable bonds is 2. The van der Waals surface area contributed by atoms with Gasteiger partial charge in [-0.05, 0) is 0 Å². The molecule has 0 fully saturated rings. The van der Waals surface area contributed by atoms with Crippen molar-refractivity contribution in [3.63, 3.8) is 0 Å². The van der Waals surface area contributed by atoms with Crippen molar-refractivity contribution in [3.8, 4) is 6.01 Å². The van der Waals surface area contributed by atoms with Crippen molar-refractivity contribution < 1.29 is 15.0 Å². The van der Waals surface area contributed by atoms with Gasteiger partial charge in [-0.25, -0.2) is 9.78 Å². The summed E-state index contributed by atoms with van der Waals surface area (Å²) in [5.74, 6) is -1.16. The second kappa shape index (κ2) is 4.35. The van der Waals surface area contributed by atoms with Crippen molar-refractivity contribution in [1.29, 1.82) is 0 Å². The van der Waals surface area contributed by atoms with Gasteiger partial charge in [0.2, 0.25) is 0 Å². The van der Waals surface area contributed by atoms with E-state index < -0.39 is 12.0 Å². The first-order valence-corrected chi connectivity index (χ1v) is 5.59. The van der Waals surface area contributed by atoms with Crippen LogP contribution in [0.15, 0.2) is 6.20 Å². The van der Waals surface area contributed by atoms with E-state index in [2.05, 4.69) is 9.97 Å². The second-order valence-corrected chi connectivity index (χ2v) is 6.95. The normalized spacial score (nSPS) is 10.4. The van der Waals surface area contributed by atoms with Crippen molar-refractivity contribution in [2.24, 2.45) is 0 Å². The van der Waals surface area contributed by atoms with Crippen LogP contribution in [0.3, 0.4) is 0 Å².